The minimum Gasteiger partial charge on any atom is -0.497 e. The zero-order valence-electron chi connectivity index (χ0n) is 23.2. The molecule has 2 heterocycles. The topological polar surface area (TPSA) is 69.5 Å². The third-order valence-corrected chi connectivity index (χ3v) is 7.49. The van der Waals surface area contributed by atoms with Gasteiger partial charge in [0, 0.05) is 24.7 Å². The Hall–Kier alpha value is -4.34. The number of methoxy groups -OCH3 is 1. The number of amides is 1. The van der Waals surface area contributed by atoms with Crippen LogP contribution in [-0.4, -0.2) is 32.7 Å². The van der Waals surface area contributed by atoms with Crippen LogP contribution in [0.25, 0.3) is 11.4 Å². The van der Waals surface area contributed by atoms with Crippen LogP contribution in [0.1, 0.15) is 65.6 Å². The average Bonchev–Trinajstić information content (AvgIpc) is 3.60. The lowest BCUT2D eigenvalue weighted by atomic mass is 10.0. The first-order valence-electron chi connectivity index (χ1n) is 13.4. The number of fused-ring (bicyclic) bond motifs is 1. The smallest absolute Gasteiger partial charge is 0.254 e. The van der Waals surface area contributed by atoms with Crippen molar-refractivity contribution in [2.75, 3.05) is 7.11 Å². The molecule has 1 fully saturated rings. The first-order valence-corrected chi connectivity index (χ1v) is 13.4. The number of benzene rings is 3. The summed E-state index contributed by atoms with van der Waals surface area (Å²) in [7, 11) is 1.59. The molecule has 212 valence electrons. The number of hydrogen-bond acceptors (Lipinski definition) is 5. The monoisotopic (exact) mass is 562 g/mol. The van der Waals surface area contributed by atoms with Gasteiger partial charge in [-0.25, -0.2) is 13.2 Å². The lowest BCUT2D eigenvalue weighted by molar-refractivity contribution is 0.0766. The Balaban J connectivity index is 1.32. The number of aryl methyl sites for hydroxylation is 1. The van der Waals surface area contributed by atoms with Gasteiger partial charge in [-0.15, -0.1) is 10.2 Å². The van der Waals surface area contributed by atoms with Crippen molar-refractivity contribution in [1.82, 2.24) is 19.7 Å². The zero-order chi connectivity index (χ0) is 29.1. The molecule has 1 saturated carbocycles. The van der Waals surface area contributed by atoms with Crippen molar-refractivity contribution < 1.29 is 27.4 Å². The number of rotatable bonds is 8. The molecule has 0 saturated heterocycles. The number of carbonyl (C=O) groups excluding carboxylic acids is 1. The number of carbonyl (C=O) groups is 1. The summed E-state index contributed by atoms with van der Waals surface area (Å²) in [4.78, 5) is 14.8. The quantitative estimate of drug-likeness (QED) is 0.246. The SMILES string of the molecule is COc1ccc(CN2Cc3cc(-c4nnc(C(C)(C)Oc5c(F)cc(C)cc5F)n4C4CC4)c(F)cc3C2=O)cc1. The Bertz CT molecular complexity index is 1640. The molecule has 7 nitrogen and oxygen atoms in total. The van der Waals surface area contributed by atoms with Crippen LogP contribution in [0, 0.1) is 24.4 Å². The molecule has 0 unspecified atom stereocenters. The maximum Gasteiger partial charge on any atom is 0.254 e. The summed E-state index contributed by atoms with van der Waals surface area (Å²) in [6, 6.07) is 12.7. The second-order valence-electron chi connectivity index (χ2n) is 11.1. The van der Waals surface area contributed by atoms with Gasteiger partial charge in [0.2, 0.25) is 0 Å². The molecule has 1 aliphatic carbocycles. The first kappa shape index (κ1) is 26.9. The van der Waals surface area contributed by atoms with Gasteiger partial charge in [-0.2, -0.15) is 0 Å². The van der Waals surface area contributed by atoms with Gasteiger partial charge in [-0.1, -0.05) is 12.1 Å². The molecular weight excluding hydrogens is 533 g/mol. The second-order valence-corrected chi connectivity index (χ2v) is 11.1. The molecule has 1 aliphatic heterocycles. The fourth-order valence-corrected chi connectivity index (χ4v) is 5.30. The predicted octanol–water partition coefficient (Wildman–Crippen LogP) is 6.48. The Morgan fingerprint density at radius 2 is 1.63 bits per heavy atom. The molecule has 1 aromatic heterocycles. The van der Waals surface area contributed by atoms with E-state index in [2.05, 4.69) is 10.2 Å². The molecule has 0 atom stereocenters. The highest BCUT2D eigenvalue weighted by Gasteiger charge is 2.39. The van der Waals surface area contributed by atoms with Crippen molar-refractivity contribution in [1.29, 1.82) is 0 Å². The number of aromatic nitrogens is 3. The van der Waals surface area contributed by atoms with Gasteiger partial charge in [0.25, 0.3) is 5.91 Å². The van der Waals surface area contributed by atoms with Crippen molar-refractivity contribution >= 4 is 5.91 Å². The molecule has 0 bridgehead atoms. The van der Waals surface area contributed by atoms with Crippen LogP contribution in [0.4, 0.5) is 13.2 Å². The Morgan fingerprint density at radius 1 is 0.951 bits per heavy atom. The van der Waals surface area contributed by atoms with E-state index in [-0.39, 0.29) is 23.3 Å². The molecule has 4 aromatic rings. The van der Waals surface area contributed by atoms with E-state index in [1.165, 1.54) is 18.2 Å². The van der Waals surface area contributed by atoms with Gasteiger partial charge in [0.05, 0.1) is 12.7 Å². The maximum atomic E-state index is 15.6. The molecule has 1 amide bonds. The third-order valence-electron chi connectivity index (χ3n) is 7.49. The lowest BCUT2D eigenvalue weighted by Gasteiger charge is -2.27. The van der Waals surface area contributed by atoms with Crippen LogP contribution in [-0.2, 0) is 18.7 Å². The standard InChI is InChI=1S/C31H29F3N4O3/c1-17-11-25(33)27(26(34)12-17)41-31(2,3)30-36-35-28(38(30)20-7-8-20)23-13-19-16-37(29(39)22(19)14-24(23)32)15-18-5-9-21(40-4)10-6-18/h5-6,9-14,20H,7-8,15-16H2,1-4H3. The number of halogens is 3. The lowest BCUT2D eigenvalue weighted by Crippen LogP contribution is -2.30. The summed E-state index contributed by atoms with van der Waals surface area (Å²) in [5.74, 6) is -1.66. The fourth-order valence-electron chi connectivity index (χ4n) is 5.30. The summed E-state index contributed by atoms with van der Waals surface area (Å²) in [5.41, 5.74) is 1.27. The summed E-state index contributed by atoms with van der Waals surface area (Å²) in [6.07, 6.45) is 1.64. The van der Waals surface area contributed by atoms with E-state index in [9.17, 15) is 13.6 Å². The van der Waals surface area contributed by atoms with Crippen LogP contribution in [0.15, 0.2) is 48.5 Å². The van der Waals surface area contributed by atoms with E-state index in [4.69, 9.17) is 9.47 Å². The Labute approximate surface area is 235 Å². The molecule has 0 spiro atoms. The van der Waals surface area contributed by atoms with E-state index in [1.54, 1.807) is 43.4 Å². The molecule has 41 heavy (non-hydrogen) atoms. The van der Waals surface area contributed by atoms with E-state index in [0.29, 0.717) is 35.6 Å². The van der Waals surface area contributed by atoms with Gasteiger partial charge in [0.1, 0.15) is 11.6 Å². The molecule has 6 rings (SSSR count). The molecule has 0 N–H and O–H groups in total. The van der Waals surface area contributed by atoms with E-state index in [1.807, 2.05) is 24.3 Å². The maximum absolute atomic E-state index is 15.6. The first-order chi connectivity index (χ1) is 19.6. The van der Waals surface area contributed by atoms with Crippen molar-refractivity contribution in [2.24, 2.45) is 0 Å². The van der Waals surface area contributed by atoms with E-state index in [0.717, 1.165) is 24.2 Å². The summed E-state index contributed by atoms with van der Waals surface area (Å²) in [6.45, 7) is 5.57. The van der Waals surface area contributed by atoms with Crippen LogP contribution in [0.3, 0.4) is 0 Å². The van der Waals surface area contributed by atoms with Crippen LogP contribution < -0.4 is 9.47 Å². The van der Waals surface area contributed by atoms with Crippen LogP contribution in [0.5, 0.6) is 11.5 Å². The van der Waals surface area contributed by atoms with Gasteiger partial charge >= 0.3 is 0 Å². The summed E-state index contributed by atoms with van der Waals surface area (Å²) < 4.78 is 57.7. The van der Waals surface area contributed by atoms with Gasteiger partial charge < -0.3 is 18.9 Å². The molecule has 2 aliphatic rings. The van der Waals surface area contributed by atoms with Gasteiger partial charge in [-0.3, -0.25) is 4.79 Å². The Morgan fingerprint density at radius 3 is 2.27 bits per heavy atom. The highest BCUT2D eigenvalue weighted by atomic mass is 19.1. The Kier molecular flexibility index (Phi) is 6.51. The highest BCUT2D eigenvalue weighted by molar-refractivity contribution is 5.99. The normalized spacial score (nSPS) is 14.9. The van der Waals surface area contributed by atoms with Crippen LogP contribution >= 0.6 is 0 Å². The summed E-state index contributed by atoms with van der Waals surface area (Å²) >= 11 is 0. The molecule has 0 radical (unpaired) electrons. The fraction of sp³-hybridized carbons (Fsp3) is 0.323. The molecule has 3 aromatic carbocycles. The van der Waals surface area contributed by atoms with Crippen molar-refractivity contribution in [3.63, 3.8) is 0 Å². The number of nitrogens with zero attached hydrogens (tertiary/aromatic N) is 4. The minimum atomic E-state index is -1.29. The molecular formula is C31H29F3N4O3. The van der Waals surface area contributed by atoms with Gasteiger partial charge in [-0.05, 0) is 86.7 Å². The van der Waals surface area contributed by atoms with Gasteiger partial charge in [0.15, 0.2) is 34.6 Å². The number of ether oxygens (including phenoxy) is 2. The number of hydrogen-bond donors (Lipinski definition) is 0. The average molecular weight is 563 g/mol. The van der Waals surface area contributed by atoms with E-state index >= 15 is 4.39 Å². The minimum absolute atomic E-state index is 0.00792. The zero-order valence-corrected chi connectivity index (χ0v) is 23.2. The second kappa shape index (κ2) is 9.94. The largest absolute Gasteiger partial charge is 0.497 e. The predicted molar refractivity (Wildman–Crippen MR) is 145 cm³/mol. The highest BCUT2D eigenvalue weighted by Crippen LogP contribution is 2.43. The van der Waals surface area contributed by atoms with Crippen molar-refractivity contribution in [3.8, 4) is 22.9 Å². The van der Waals surface area contributed by atoms with Crippen molar-refractivity contribution in [3.05, 3.63) is 94.1 Å². The van der Waals surface area contributed by atoms with Crippen LogP contribution in [0.2, 0.25) is 0 Å². The third kappa shape index (κ3) is 4.92. The summed E-state index contributed by atoms with van der Waals surface area (Å²) in [5, 5.41) is 8.64. The molecule has 10 heteroatoms. The van der Waals surface area contributed by atoms with Crippen molar-refractivity contribution in [2.45, 2.75) is 58.3 Å². The van der Waals surface area contributed by atoms with E-state index < -0.39 is 28.8 Å².